The zero-order chi connectivity index (χ0) is 16.8. The van der Waals surface area contributed by atoms with Gasteiger partial charge < -0.3 is 10.6 Å². The highest BCUT2D eigenvalue weighted by molar-refractivity contribution is 7.13. The fourth-order valence-electron chi connectivity index (χ4n) is 2.36. The smallest absolute Gasteiger partial charge is 0.319 e. The number of carbonyl (C=O) groups is 1. The van der Waals surface area contributed by atoms with Crippen LogP contribution >= 0.6 is 11.3 Å². The molecule has 0 atom stereocenters. The Bertz CT molecular complexity index is 814. The fraction of sp³-hybridized carbons (Fsp3) is 0.158. The fourth-order valence-corrected chi connectivity index (χ4v) is 3.15. The molecular formula is C19H19N3OS. The zero-order valence-electron chi connectivity index (χ0n) is 13.5. The van der Waals surface area contributed by atoms with Gasteiger partial charge in [0.05, 0.1) is 0 Å². The van der Waals surface area contributed by atoms with Crippen molar-refractivity contribution >= 4 is 23.1 Å². The van der Waals surface area contributed by atoms with Crippen LogP contribution in [0.25, 0.3) is 10.6 Å². The number of amides is 2. The van der Waals surface area contributed by atoms with Gasteiger partial charge in [0, 0.05) is 28.9 Å². The zero-order valence-corrected chi connectivity index (χ0v) is 14.3. The number of hydrogen-bond donors (Lipinski definition) is 2. The normalized spacial score (nSPS) is 10.4. The Morgan fingerprint density at radius 2 is 1.96 bits per heavy atom. The molecule has 1 heterocycles. The van der Waals surface area contributed by atoms with E-state index >= 15 is 0 Å². The van der Waals surface area contributed by atoms with E-state index in [0.29, 0.717) is 6.54 Å². The first-order valence-electron chi connectivity index (χ1n) is 7.82. The molecule has 0 aliphatic carbocycles. The van der Waals surface area contributed by atoms with Crippen LogP contribution in [0.3, 0.4) is 0 Å². The number of rotatable bonds is 5. The lowest BCUT2D eigenvalue weighted by Crippen LogP contribution is -2.30. The molecule has 0 spiro atoms. The maximum Gasteiger partial charge on any atom is 0.319 e. The number of hydrogen-bond acceptors (Lipinski definition) is 3. The maximum absolute atomic E-state index is 12.0. The Balaban J connectivity index is 1.54. The van der Waals surface area contributed by atoms with Crippen molar-refractivity contribution in [1.82, 2.24) is 10.3 Å². The molecule has 4 nitrogen and oxygen atoms in total. The van der Waals surface area contributed by atoms with Crippen molar-refractivity contribution in [3.63, 3.8) is 0 Å². The molecule has 1 aromatic heterocycles. The average Bonchev–Trinajstić information content (AvgIpc) is 3.03. The molecule has 3 aromatic rings. The summed E-state index contributed by atoms with van der Waals surface area (Å²) in [5.74, 6) is 0. The lowest BCUT2D eigenvalue weighted by molar-refractivity contribution is 0.252. The van der Waals surface area contributed by atoms with E-state index in [1.807, 2.05) is 54.8 Å². The molecule has 0 saturated heterocycles. The summed E-state index contributed by atoms with van der Waals surface area (Å²) in [4.78, 5) is 16.5. The SMILES string of the molecule is Cc1csc(-c2cccc(NC(=O)NCCc3ccccc3)c2)n1. The van der Waals surface area contributed by atoms with Crippen LogP contribution in [0, 0.1) is 6.92 Å². The Morgan fingerprint density at radius 1 is 1.12 bits per heavy atom. The average molecular weight is 337 g/mol. The second kappa shape index (κ2) is 7.75. The molecule has 2 amide bonds. The van der Waals surface area contributed by atoms with Gasteiger partial charge in [0.1, 0.15) is 5.01 Å². The summed E-state index contributed by atoms with van der Waals surface area (Å²) in [6, 6.07) is 17.6. The number of anilines is 1. The topological polar surface area (TPSA) is 54.0 Å². The summed E-state index contributed by atoms with van der Waals surface area (Å²) in [5.41, 5.74) is 3.98. The van der Waals surface area contributed by atoms with Crippen LogP contribution in [0.1, 0.15) is 11.3 Å². The van der Waals surface area contributed by atoms with Gasteiger partial charge in [-0.05, 0) is 31.0 Å². The van der Waals surface area contributed by atoms with Crippen LogP contribution in [0.5, 0.6) is 0 Å². The molecule has 5 heteroatoms. The van der Waals surface area contributed by atoms with Crippen molar-refractivity contribution in [3.8, 4) is 10.6 Å². The number of urea groups is 1. The highest BCUT2D eigenvalue weighted by Crippen LogP contribution is 2.25. The first kappa shape index (κ1) is 16.2. The minimum Gasteiger partial charge on any atom is -0.338 e. The first-order chi connectivity index (χ1) is 11.7. The molecule has 0 aliphatic rings. The third-order valence-electron chi connectivity index (χ3n) is 3.53. The van der Waals surface area contributed by atoms with Gasteiger partial charge in [-0.3, -0.25) is 0 Å². The van der Waals surface area contributed by atoms with E-state index in [4.69, 9.17) is 0 Å². The van der Waals surface area contributed by atoms with Gasteiger partial charge in [-0.1, -0.05) is 42.5 Å². The summed E-state index contributed by atoms with van der Waals surface area (Å²) in [6.07, 6.45) is 0.812. The summed E-state index contributed by atoms with van der Waals surface area (Å²) in [5, 5.41) is 8.73. The van der Waals surface area contributed by atoms with Crippen molar-refractivity contribution in [2.24, 2.45) is 0 Å². The third-order valence-corrected chi connectivity index (χ3v) is 4.54. The van der Waals surface area contributed by atoms with Gasteiger partial charge in [-0.15, -0.1) is 11.3 Å². The standard InChI is InChI=1S/C19H19N3OS/c1-14-13-24-18(21-14)16-8-5-9-17(12-16)22-19(23)20-11-10-15-6-3-2-4-7-15/h2-9,12-13H,10-11H2,1H3,(H2,20,22,23). The number of nitrogens with one attached hydrogen (secondary N) is 2. The van der Waals surface area contributed by atoms with E-state index in [1.165, 1.54) is 5.56 Å². The lowest BCUT2D eigenvalue weighted by atomic mass is 10.1. The van der Waals surface area contributed by atoms with E-state index in [9.17, 15) is 4.79 Å². The lowest BCUT2D eigenvalue weighted by Gasteiger charge is -2.08. The molecule has 0 aliphatic heterocycles. The van der Waals surface area contributed by atoms with Gasteiger partial charge in [-0.25, -0.2) is 9.78 Å². The Hall–Kier alpha value is -2.66. The van der Waals surface area contributed by atoms with Crippen molar-refractivity contribution < 1.29 is 4.79 Å². The molecule has 0 saturated carbocycles. The van der Waals surface area contributed by atoms with E-state index in [2.05, 4.69) is 27.8 Å². The van der Waals surface area contributed by atoms with Crippen molar-refractivity contribution in [2.75, 3.05) is 11.9 Å². The minimum absolute atomic E-state index is 0.196. The van der Waals surface area contributed by atoms with Gasteiger partial charge in [0.2, 0.25) is 0 Å². The maximum atomic E-state index is 12.0. The van der Waals surface area contributed by atoms with Crippen LogP contribution in [-0.4, -0.2) is 17.6 Å². The summed E-state index contributed by atoms with van der Waals surface area (Å²) in [6.45, 7) is 2.57. The Labute approximate surface area is 145 Å². The second-order valence-electron chi connectivity index (χ2n) is 5.49. The number of nitrogens with zero attached hydrogens (tertiary/aromatic N) is 1. The minimum atomic E-state index is -0.196. The number of thiazole rings is 1. The van der Waals surface area contributed by atoms with Crippen LogP contribution in [-0.2, 0) is 6.42 Å². The van der Waals surface area contributed by atoms with Crippen molar-refractivity contribution in [2.45, 2.75) is 13.3 Å². The summed E-state index contributed by atoms with van der Waals surface area (Å²) in [7, 11) is 0. The van der Waals surface area contributed by atoms with Gasteiger partial charge in [0.25, 0.3) is 0 Å². The predicted molar refractivity (Wildman–Crippen MR) is 99.5 cm³/mol. The van der Waals surface area contributed by atoms with Crippen LogP contribution in [0.4, 0.5) is 10.5 Å². The molecule has 122 valence electrons. The number of aryl methyl sites for hydroxylation is 1. The molecule has 0 unspecified atom stereocenters. The van der Waals surface area contributed by atoms with Gasteiger partial charge in [0.15, 0.2) is 0 Å². The molecule has 0 radical (unpaired) electrons. The molecule has 2 aromatic carbocycles. The highest BCUT2D eigenvalue weighted by Gasteiger charge is 2.06. The molecule has 3 rings (SSSR count). The van der Waals surface area contributed by atoms with E-state index in [-0.39, 0.29) is 6.03 Å². The molecule has 24 heavy (non-hydrogen) atoms. The third kappa shape index (κ3) is 4.43. The number of aromatic nitrogens is 1. The summed E-state index contributed by atoms with van der Waals surface area (Å²) < 4.78 is 0. The van der Waals surface area contributed by atoms with E-state index < -0.39 is 0 Å². The van der Waals surface area contributed by atoms with Crippen LogP contribution in [0.15, 0.2) is 60.0 Å². The van der Waals surface area contributed by atoms with Crippen molar-refractivity contribution in [1.29, 1.82) is 0 Å². The van der Waals surface area contributed by atoms with Crippen molar-refractivity contribution in [3.05, 3.63) is 71.2 Å². The number of benzene rings is 2. The largest absolute Gasteiger partial charge is 0.338 e. The molecule has 0 fully saturated rings. The van der Waals surface area contributed by atoms with Gasteiger partial charge >= 0.3 is 6.03 Å². The van der Waals surface area contributed by atoms with E-state index in [1.54, 1.807) is 11.3 Å². The van der Waals surface area contributed by atoms with E-state index in [0.717, 1.165) is 28.4 Å². The monoisotopic (exact) mass is 337 g/mol. The first-order valence-corrected chi connectivity index (χ1v) is 8.70. The van der Waals surface area contributed by atoms with Crippen LogP contribution in [0.2, 0.25) is 0 Å². The molecule has 0 bridgehead atoms. The van der Waals surface area contributed by atoms with Gasteiger partial charge in [-0.2, -0.15) is 0 Å². The highest BCUT2D eigenvalue weighted by atomic mass is 32.1. The summed E-state index contributed by atoms with van der Waals surface area (Å²) >= 11 is 1.60. The Morgan fingerprint density at radius 3 is 2.71 bits per heavy atom. The number of carbonyl (C=O) groups excluding carboxylic acids is 1. The quantitative estimate of drug-likeness (QED) is 0.721. The van der Waals surface area contributed by atoms with Crippen LogP contribution < -0.4 is 10.6 Å². The predicted octanol–water partition coefficient (Wildman–Crippen LogP) is 4.48. The Kier molecular flexibility index (Phi) is 5.23. The molecular weight excluding hydrogens is 318 g/mol. The molecule has 2 N–H and O–H groups in total. The second-order valence-corrected chi connectivity index (χ2v) is 6.35.